The number of aromatic nitrogens is 1. The van der Waals surface area contributed by atoms with Gasteiger partial charge in [-0.15, -0.1) is 0 Å². The molecule has 1 aliphatic heterocycles. The number of para-hydroxylation sites is 2. The van der Waals surface area contributed by atoms with Gasteiger partial charge in [-0.2, -0.15) is 0 Å². The Kier molecular flexibility index (Phi) is 12.0. The minimum absolute atomic E-state index is 0.0273. The van der Waals surface area contributed by atoms with Crippen molar-refractivity contribution in [3.63, 3.8) is 0 Å². The maximum Gasteiger partial charge on any atom is 0.421 e. The Labute approximate surface area is 329 Å². The van der Waals surface area contributed by atoms with E-state index in [9.17, 15) is 19.2 Å². The highest BCUT2D eigenvalue weighted by Crippen LogP contribution is 2.27. The van der Waals surface area contributed by atoms with E-state index < -0.39 is 36.4 Å². The van der Waals surface area contributed by atoms with Crippen molar-refractivity contribution in [2.75, 3.05) is 33.0 Å². The van der Waals surface area contributed by atoms with Gasteiger partial charge in [-0.3, -0.25) is 14.3 Å². The Morgan fingerprint density at radius 2 is 1.58 bits per heavy atom. The average molecular weight is 772 g/mol. The first-order valence-electron chi connectivity index (χ1n) is 18.9. The number of carbonyl (C=O) groups excluding carboxylic acids is 4. The molecule has 2 aromatic heterocycles. The highest BCUT2D eigenvalue weighted by Gasteiger charge is 2.38. The topological polar surface area (TPSA) is 153 Å². The van der Waals surface area contributed by atoms with Gasteiger partial charge in [-0.05, 0) is 60.9 Å². The van der Waals surface area contributed by atoms with Crippen molar-refractivity contribution in [3.8, 4) is 0 Å². The molecule has 6 aromatic rings. The Morgan fingerprint density at radius 3 is 2.35 bits per heavy atom. The molecule has 2 amide bonds. The molecule has 294 valence electrons. The van der Waals surface area contributed by atoms with Gasteiger partial charge >= 0.3 is 18.2 Å². The minimum Gasteiger partial charge on any atom is -0.457 e. The van der Waals surface area contributed by atoms with E-state index in [4.69, 9.17) is 18.6 Å². The average Bonchev–Trinajstić information content (AvgIpc) is 3.82. The van der Waals surface area contributed by atoms with Gasteiger partial charge in [0.2, 0.25) is 12.7 Å². The fourth-order valence-corrected chi connectivity index (χ4v) is 6.95. The lowest BCUT2D eigenvalue weighted by Gasteiger charge is -2.30. The van der Waals surface area contributed by atoms with Gasteiger partial charge in [0.1, 0.15) is 16.9 Å². The SMILES string of the molecule is C[C@H](NC(=O)C(C)(Cc1cn(C(=O)OCOC(=O)c2ccc(CN3CCNCC3)cc2)c2ccccc12)NC(=O)OCc1cc2ccccc2o1)c1ccccc1. The largest absolute Gasteiger partial charge is 0.457 e. The molecule has 0 bridgehead atoms. The molecule has 13 nitrogen and oxygen atoms in total. The number of alkyl carbamates (subject to hydrolysis) is 1. The predicted octanol–water partition coefficient (Wildman–Crippen LogP) is 6.70. The number of esters is 1. The van der Waals surface area contributed by atoms with Crippen molar-refractivity contribution in [2.24, 2.45) is 0 Å². The lowest BCUT2D eigenvalue weighted by atomic mass is 9.91. The molecule has 1 fully saturated rings. The summed E-state index contributed by atoms with van der Waals surface area (Å²) in [6.07, 6.45) is -0.0988. The second-order valence-corrected chi connectivity index (χ2v) is 14.3. The van der Waals surface area contributed by atoms with E-state index in [0.717, 1.165) is 49.2 Å². The van der Waals surface area contributed by atoms with Crippen molar-refractivity contribution in [1.82, 2.24) is 25.4 Å². The number of hydrogen-bond donors (Lipinski definition) is 3. The van der Waals surface area contributed by atoms with Crippen LogP contribution in [0.5, 0.6) is 0 Å². The number of benzene rings is 4. The lowest BCUT2D eigenvalue weighted by molar-refractivity contribution is -0.127. The van der Waals surface area contributed by atoms with Crippen molar-refractivity contribution < 1.29 is 37.8 Å². The summed E-state index contributed by atoms with van der Waals surface area (Å²) in [5.74, 6) is -0.649. The fraction of sp³-hybridized carbons (Fsp3) is 0.273. The molecule has 13 heteroatoms. The number of fused-ring (bicyclic) bond motifs is 2. The second-order valence-electron chi connectivity index (χ2n) is 14.3. The van der Waals surface area contributed by atoms with Gasteiger partial charge in [0.15, 0.2) is 6.61 Å². The molecular weight excluding hydrogens is 727 g/mol. The number of amides is 2. The molecule has 0 radical (unpaired) electrons. The Balaban J connectivity index is 1.04. The smallest absolute Gasteiger partial charge is 0.421 e. The maximum absolute atomic E-state index is 14.1. The number of hydrogen-bond acceptors (Lipinski definition) is 10. The first-order valence-corrected chi connectivity index (χ1v) is 18.9. The van der Waals surface area contributed by atoms with Crippen LogP contribution in [0.25, 0.3) is 21.9 Å². The molecule has 7 rings (SSSR count). The van der Waals surface area contributed by atoms with Gasteiger partial charge in [-0.1, -0.05) is 78.9 Å². The Hall–Kier alpha value is -6.44. The number of rotatable bonds is 13. The van der Waals surface area contributed by atoms with E-state index in [1.54, 1.807) is 43.5 Å². The van der Waals surface area contributed by atoms with E-state index in [0.29, 0.717) is 33.4 Å². The zero-order valence-electron chi connectivity index (χ0n) is 31.9. The number of piperazine rings is 1. The normalized spacial score (nSPS) is 14.7. The molecule has 0 saturated carbocycles. The van der Waals surface area contributed by atoms with Gasteiger partial charge in [-0.25, -0.2) is 14.4 Å². The first-order chi connectivity index (χ1) is 27.6. The lowest BCUT2D eigenvalue weighted by Crippen LogP contribution is -2.58. The van der Waals surface area contributed by atoms with Crippen LogP contribution in [-0.2, 0) is 38.6 Å². The third-order valence-electron chi connectivity index (χ3n) is 10.1. The summed E-state index contributed by atoms with van der Waals surface area (Å²) in [6.45, 7) is 7.31. The van der Waals surface area contributed by atoms with Crippen LogP contribution in [0.15, 0.2) is 120 Å². The van der Waals surface area contributed by atoms with Gasteiger partial charge in [0.05, 0.1) is 17.1 Å². The van der Waals surface area contributed by atoms with Crippen LogP contribution in [-0.4, -0.2) is 72.0 Å². The van der Waals surface area contributed by atoms with Gasteiger partial charge < -0.3 is 34.6 Å². The van der Waals surface area contributed by atoms with Crippen molar-refractivity contribution in [2.45, 2.75) is 45.0 Å². The highest BCUT2D eigenvalue weighted by molar-refractivity contribution is 5.95. The van der Waals surface area contributed by atoms with Gasteiger partial charge in [0.25, 0.3) is 0 Å². The summed E-state index contributed by atoms with van der Waals surface area (Å²) < 4.78 is 23.3. The molecule has 1 aliphatic rings. The Bertz CT molecular complexity index is 2320. The summed E-state index contributed by atoms with van der Waals surface area (Å²) in [6, 6.07) is 32.6. The Morgan fingerprint density at radius 1 is 0.860 bits per heavy atom. The monoisotopic (exact) mass is 771 g/mol. The molecule has 0 aliphatic carbocycles. The number of nitrogens with zero attached hydrogens (tertiary/aromatic N) is 2. The third kappa shape index (κ3) is 9.51. The molecule has 57 heavy (non-hydrogen) atoms. The molecule has 3 heterocycles. The van der Waals surface area contributed by atoms with Crippen LogP contribution >= 0.6 is 0 Å². The van der Waals surface area contributed by atoms with Crippen molar-refractivity contribution in [1.29, 1.82) is 0 Å². The van der Waals surface area contributed by atoms with E-state index in [-0.39, 0.29) is 19.1 Å². The predicted molar refractivity (Wildman–Crippen MR) is 213 cm³/mol. The van der Waals surface area contributed by atoms with Gasteiger partial charge in [0, 0.05) is 56.1 Å². The van der Waals surface area contributed by atoms with Crippen LogP contribution < -0.4 is 16.0 Å². The van der Waals surface area contributed by atoms with Crippen molar-refractivity contribution in [3.05, 3.63) is 143 Å². The van der Waals surface area contributed by atoms with Crippen LogP contribution in [0.3, 0.4) is 0 Å². The first kappa shape index (κ1) is 38.8. The number of nitrogens with one attached hydrogen (secondary N) is 3. The van der Waals surface area contributed by atoms with E-state index in [2.05, 4.69) is 20.9 Å². The summed E-state index contributed by atoms with van der Waals surface area (Å²) in [5.41, 5.74) is 2.48. The molecular formula is C44H45N5O8. The van der Waals surface area contributed by atoms with Crippen LogP contribution in [0.1, 0.15) is 52.7 Å². The van der Waals surface area contributed by atoms with E-state index in [1.807, 2.05) is 85.8 Å². The summed E-state index contributed by atoms with van der Waals surface area (Å²) in [7, 11) is 0. The summed E-state index contributed by atoms with van der Waals surface area (Å²) in [4.78, 5) is 56.1. The van der Waals surface area contributed by atoms with Crippen molar-refractivity contribution >= 4 is 45.9 Å². The molecule has 1 saturated heterocycles. The minimum atomic E-state index is -1.55. The molecule has 3 N–H and O–H groups in total. The van der Waals surface area contributed by atoms with Crippen LogP contribution in [0, 0.1) is 0 Å². The molecule has 4 aromatic carbocycles. The zero-order chi connectivity index (χ0) is 39.8. The van der Waals surface area contributed by atoms with Crippen LogP contribution in [0.2, 0.25) is 0 Å². The zero-order valence-corrected chi connectivity index (χ0v) is 31.9. The third-order valence-corrected chi connectivity index (χ3v) is 10.1. The fourth-order valence-electron chi connectivity index (χ4n) is 6.95. The van der Waals surface area contributed by atoms with E-state index >= 15 is 0 Å². The standard InChI is InChI=1S/C44H45N5O8/c1-30(32-10-4-3-5-11-32)46-41(51)44(2,47-42(52)54-28-36-24-34-12-6-9-15-39(34)57-36)25-35-27-49(38-14-8-7-13-37(35)38)43(53)56-29-55-40(50)33-18-16-31(17-19-33)26-48-22-20-45-21-23-48/h3-19,24,27,30,45H,20-23,25-26,28-29H2,1-2H3,(H,46,51)(H,47,52)/t30-,44?/m0/s1. The second kappa shape index (κ2) is 17.6. The van der Waals surface area contributed by atoms with Crippen LogP contribution in [0.4, 0.5) is 9.59 Å². The molecule has 0 spiro atoms. The maximum atomic E-state index is 14.1. The summed E-state index contributed by atoms with van der Waals surface area (Å²) in [5, 5.41) is 10.7. The number of ether oxygens (including phenoxy) is 3. The highest BCUT2D eigenvalue weighted by atomic mass is 16.7. The number of furan rings is 1. The molecule has 2 atom stereocenters. The number of carbonyl (C=O) groups is 4. The molecule has 1 unspecified atom stereocenters. The summed E-state index contributed by atoms with van der Waals surface area (Å²) >= 11 is 0. The van der Waals surface area contributed by atoms with E-state index in [1.165, 1.54) is 4.57 Å². The quantitative estimate of drug-likeness (QED) is 0.0855.